The number of nitrogens with one attached hydrogen (secondary N) is 2. The van der Waals surface area contributed by atoms with Crippen molar-refractivity contribution in [1.82, 2.24) is 25.4 Å². The molecule has 2 N–H and O–H groups in total. The van der Waals surface area contributed by atoms with E-state index in [2.05, 4.69) is 39.2 Å². The van der Waals surface area contributed by atoms with Crippen molar-refractivity contribution < 1.29 is 0 Å². The van der Waals surface area contributed by atoms with E-state index in [1.54, 1.807) is 0 Å². The summed E-state index contributed by atoms with van der Waals surface area (Å²) in [5.74, 6) is 3.10. The highest BCUT2D eigenvalue weighted by atomic mass is 127. The lowest BCUT2D eigenvalue weighted by Crippen LogP contribution is -2.38. The van der Waals surface area contributed by atoms with Gasteiger partial charge in [0, 0.05) is 37.5 Å². The minimum atomic E-state index is 0. The second-order valence-electron chi connectivity index (χ2n) is 7.28. The topological polar surface area (TPSA) is 67.1 Å². The molecule has 0 saturated heterocycles. The smallest absolute Gasteiger partial charge is 0.191 e. The van der Waals surface area contributed by atoms with E-state index in [0.717, 1.165) is 61.5 Å². The van der Waals surface area contributed by atoms with Gasteiger partial charge >= 0.3 is 0 Å². The summed E-state index contributed by atoms with van der Waals surface area (Å²) in [6.45, 7) is 6.85. The first kappa shape index (κ1) is 23.9. The van der Waals surface area contributed by atoms with E-state index >= 15 is 0 Å². The molecule has 6 nitrogen and oxygen atoms in total. The van der Waals surface area contributed by atoms with E-state index in [1.165, 1.54) is 24.8 Å². The second kappa shape index (κ2) is 12.4. The highest BCUT2D eigenvalue weighted by Crippen LogP contribution is 2.16. The van der Waals surface area contributed by atoms with Crippen LogP contribution in [0.15, 0.2) is 29.3 Å². The molecule has 0 fully saturated rings. The van der Waals surface area contributed by atoms with Gasteiger partial charge in [-0.15, -0.1) is 34.2 Å². The summed E-state index contributed by atoms with van der Waals surface area (Å²) in [5, 5.41) is 16.3. The predicted molar refractivity (Wildman–Crippen MR) is 130 cm³/mol. The van der Waals surface area contributed by atoms with Crippen molar-refractivity contribution in [3.63, 3.8) is 0 Å². The maximum atomic E-state index is 5.98. The molecule has 0 saturated carbocycles. The Balaban J connectivity index is 0.00000300. The van der Waals surface area contributed by atoms with Crippen LogP contribution in [-0.4, -0.2) is 33.8 Å². The van der Waals surface area contributed by atoms with Crippen molar-refractivity contribution in [3.05, 3.63) is 46.5 Å². The van der Waals surface area contributed by atoms with Crippen LogP contribution in [0.2, 0.25) is 5.02 Å². The van der Waals surface area contributed by atoms with Gasteiger partial charge in [-0.2, -0.15) is 0 Å². The molecule has 1 unspecified atom stereocenters. The van der Waals surface area contributed by atoms with Gasteiger partial charge < -0.3 is 15.2 Å². The lowest BCUT2D eigenvalue weighted by atomic mass is 10.1. The summed E-state index contributed by atoms with van der Waals surface area (Å²) in [6, 6.07) is 8.07. The number of nitrogens with zero attached hydrogens (tertiary/aromatic N) is 4. The van der Waals surface area contributed by atoms with Crippen molar-refractivity contribution >= 4 is 41.5 Å². The summed E-state index contributed by atoms with van der Waals surface area (Å²) >= 11 is 5.98. The molecule has 0 radical (unpaired) electrons. The normalized spacial score (nSPS) is 15.1. The van der Waals surface area contributed by atoms with Gasteiger partial charge in [0.25, 0.3) is 0 Å². The second-order valence-corrected chi connectivity index (χ2v) is 7.71. The minimum absolute atomic E-state index is 0. The summed E-state index contributed by atoms with van der Waals surface area (Å²) in [5.41, 5.74) is 1.18. The number of rotatable bonds is 7. The van der Waals surface area contributed by atoms with Gasteiger partial charge in [0.1, 0.15) is 11.6 Å². The fourth-order valence-corrected chi connectivity index (χ4v) is 3.64. The van der Waals surface area contributed by atoms with Gasteiger partial charge in [-0.05, 0) is 50.8 Å². The van der Waals surface area contributed by atoms with Crippen molar-refractivity contribution in [2.45, 2.75) is 65.0 Å². The number of benzene rings is 1. The zero-order valence-electron chi connectivity index (χ0n) is 17.3. The van der Waals surface area contributed by atoms with E-state index in [4.69, 9.17) is 16.6 Å². The van der Waals surface area contributed by atoms with Gasteiger partial charge in [0.15, 0.2) is 5.96 Å². The van der Waals surface area contributed by atoms with Crippen LogP contribution < -0.4 is 10.6 Å². The summed E-state index contributed by atoms with van der Waals surface area (Å²) in [6.07, 6.45) is 6.69. The van der Waals surface area contributed by atoms with Crippen molar-refractivity contribution in [1.29, 1.82) is 0 Å². The molecule has 2 aromatic rings. The first-order valence-electron chi connectivity index (χ1n) is 10.4. The molecule has 160 valence electrons. The summed E-state index contributed by atoms with van der Waals surface area (Å²) in [4.78, 5) is 4.74. The van der Waals surface area contributed by atoms with E-state index in [-0.39, 0.29) is 30.0 Å². The maximum Gasteiger partial charge on any atom is 0.191 e. The van der Waals surface area contributed by atoms with E-state index < -0.39 is 0 Å². The van der Waals surface area contributed by atoms with Crippen LogP contribution in [0.5, 0.6) is 0 Å². The number of halogens is 2. The third-order valence-corrected chi connectivity index (χ3v) is 5.33. The zero-order chi connectivity index (χ0) is 19.8. The lowest BCUT2D eigenvalue weighted by molar-refractivity contribution is 0.597. The Labute approximate surface area is 195 Å². The molecule has 1 atom stereocenters. The SMILES string of the molecule is CCNC(=NCCCc1nnc2n1CCCCC2)NC(C)c1ccc(Cl)cc1.I. The van der Waals surface area contributed by atoms with Crippen LogP contribution in [0.1, 0.15) is 62.8 Å². The molecular formula is C21H32ClIN6. The Kier molecular flexibility index (Phi) is 10.2. The number of aryl methyl sites for hydroxylation is 2. The molecule has 29 heavy (non-hydrogen) atoms. The lowest BCUT2D eigenvalue weighted by Gasteiger charge is -2.18. The molecule has 1 aromatic carbocycles. The fourth-order valence-electron chi connectivity index (χ4n) is 3.52. The first-order chi connectivity index (χ1) is 13.7. The minimum Gasteiger partial charge on any atom is -0.357 e. The van der Waals surface area contributed by atoms with Crippen LogP contribution in [0.4, 0.5) is 0 Å². The van der Waals surface area contributed by atoms with Gasteiger partial charge in [0.05, 0.1) is 6.04 Å². The van der Waals surface area contributed by atoms with Gasteiger partial charge in [0.2, 0.25) is 0 Å². The van der Waals surface area contributed by atoms with Gasteiger partial charge in [-0.1, -0.05) is 30.2 Å². The Hall–Kier alpha value is -1.35. The summed E-state index contributed by atoms with van der Waals surface area (Å²) < 4.78 is 2.32. The molecule has 1 aliphatic rings. The molecule has 3 rings (SSSR count). The Morgan fingerprint density at radius 2 is 2.00 bits per heavy atom. The predicted octanol–water partition coefficient (Wildman–Crippen LogP) is 4.52. The summed E-state index contributed by atoms with van der Waals surface area (Å²) in [7, 11) is 0. The number of aliphatic imine (C=N–C) groups is 1. The van der Waals surface area contributed by atoms with Crippen molar-refractivity contribution in [2.75, 3.05) is 13.1 Å². The largest absolute Gasteiger partial charge is 0.357 e. The highest BCUT2D eigenvalue weighted by Gasteiger charge is 2.14. The molecule has 0 bridgehead atoms. The molecular weight excluding hydrogens is 499 g/mol. The Morgan fingerprint density at radius 1 is 1.21 bits per heavy atom. The molecule has 0 aliphatic carbocycles. The number of hydrogen-bond donors (Lipinski definition) is 2. The third-order valence-electron chi connectivity index (χ3n) is 5.08. The van der Waals surface area contributed by atoms with Crippen LogP contribution in [-0.2, 0) is 19.4 Å². The molecule has 8 heteroatoms. The fraction of sp³-hybridized carbons (Fsp3) is 0.571. The standard InChI is InChI=1S/C21H31ClN6.HI/c1-3-23-21(25-16(2)17-10-12-18(22)13-11-17)24-14-7-9-20-27-26-19-8-5-4-6-15-28(19)20;/h10-13,16H,3-9,14-15H2,1-2H3,(H2,23,24,25);1H. The quantitative estimate of drug-likeness (QED) is 0.239. The number of hydrogen-bond acceptors (Lipinski definition) is 3. The monoisotopic (exact) mass is 530 g/mol. The Bertz CT molecular complexity index is 774. The van der Waals surface area contributed by atoms with E-state index in [9.17, 15) is 0 Å². The van der Waals surface area contributed by atoms with Crippen LogP contribution >= 0.6 is 35.6 Å². The van der Waals surface area contributed by atoms with Crippen LogP contribution in [0.25, 0.3) is 0 Å². The number of fused-ring (bicyclic) bond motifs is 1. The van der Waals surface area contributed by atoms with Crippen molar-refractivity contribution in [2.24, 2.45) is 4.99 Å². The molecule has 0 amide bonds. The molecule has 0 spiro atoms. The average Bonchev–Trinajstić information content (AvgIpc) is 2.92. The first-order valence-corrected chi connectivity index (χ1v) is 10.8. The van der Waals surface area contributed by atoms with E-state index in [0.29, 0.717) is 0 Å². The third kappa shape index (κ3) is 7.13. The van der Waals surface area contributed by atoms with Crippen molar-refractivity contribution in [3.8, 4) is 0 Å². The average molecular weight is 531 g/mol. The van der Waals surface area contributed by atoms with Crippen LogP contribution in [0, 0.1) is 0 Å². The van der Waals surface area contributed by atoms with Crippen LogP contribution in [0.3, 0.4) is 0 Å². The number of aromatic nitrogens is 3. The Morgan fingerprint density at radius 3 is 2.76 bits per heavy atom. The van der Waals surface area contributed by atoms with Gasteiger partial charge in [-0.3, -0.25) is 4.99 Å². The maximum absolute atomic E-state index is 5.98. The molecule has 1 aliphatic heterocycles. The van der Waals surface area contributed by atoms with Gasteiger partial charge in [-0.25, -0.2) is 0 Å². The number of guanidine groups is 1. The molecule has 2 heterocycles. The van der Waals surface area contributed by atoms with E-state index in [1.807, 2.05) is 24.3 Å². The zero-order valence-corrected chi connectivity index (χ0v) is 20.4. The highest BCUT2D eigenvalue weighted by molar-refractivity contribution is 14.0. The molecule has 1 aromatic heterocycles.